The zero-order valence-corrected chi connectivity index (χ0v) is 21.9. The molecule has 0 saturated carbocycles. The molecule has 0 aromatic heterocycles. The summed E-state index contributed by atoms with van der Waals surface area (Å²) in [4.78, 5) is 0. The molecule has 3 N–H and O–H groups in total. The van der Waals surface area contributed by atoms with Crippen LogP contribution in [0, 0.1) is 6.92 Å². The van der Waals surface area contributed by atoms with Crippen molar-refractivity contribution in [2.45, 2.75) is 135 Å². The van der Waals surface area contributed by atoms with Crippen LogP contribution in [-0.2, 0) is 0 Å². The van der Waals surface area contributed by atoms with Gasteiger partial charge >= 0.3 is 58.7 Å². The topological polar surface area (TPSA) is 60.7 Å². The summed E-state index contributed by atoms with van der Waals surface area (Å²) in [5, 5.41) is 21.5. The fraction of sp³-hybridized carbons (Fsp3) is 0.955. The summed E-state index contributed by atoms with van der Waals surface area (Å²) in [7, 11) is -2.17. The van der Waals surface area contributed by atoms with Crippen LogP contribution in [0.1, 0.15) is 135 Å². The van der Waals surface area contributed by atoms with Gasteiger partial charge in [0.1, 0.15) is 0 Å². The molecule has 0 aromatic carbocycles. The summed E-state index contributed by atoms with van der Waals surface area (Å²) in [6.07, 6.45) is 28.8. The monoisotopic (exact) mass is 410 g/mol. The van der Waals surface area contributed by atoms with Gasteiger partial charge in [-0.3, -0.25) is 0 Å². The van der Waals surface area contributed by atoms with Crippen molar-refractivity contribution in [1.29, 1.82) is 0 Å². The van der Waals surface area contributed by atoms with Crippen LogP contribution in [0.3, 0.4) is 0 Å². The Morgan fingerprint density at radius 3 is 0.852 bits per heavy atom. The predicted molar refractivity (Wildman–Crippen MR) is 116 cm³/mol. The third-order valence-electron chi connectivity index (χ3n) is 4.85. The molecule has 27 heavy (non-hydrogen) atoms. The van der Waals surface area contributed by atoms with Gasteiger partial charge in [0.25, 0.3) is 0 Å². The molecule has 0 unspecified atom stereocenters. The van der Waals surface area contributed by atoms with E-state index in [0.717, 1.165) is 6.42 Å². The van der Waals surface area contributed by atoms with Crippen molar-refractivity contribution in [2.24, 2.45) is 0 Å². The molecule has 0 bridgehead atoms. The van der Waals surface area contributed by atoms with Gasteiger partial charge in [-0.2, -0.15) is 6.42 Å². The molecule has 0 aliphatic carbocycles. The first-order valence-corrected chi connectivity index (χ1v) is 11.5. The Morgan fingerprint density at radius 2 is 0.667 bits per heavy atom. The van der Waals surface area contributed by atoms with Crippen LogP contribution in [-0.4, -0.2) is 22.4 Å². The Hall–Kier alpha value is 1.58. The van der Waals surface area contributed by atoms with Crippen molar-refractivity contribution >= 4 is 7.32 Å². The molecule has 0 aromatic rings. The second kappa shape index (κ2) is 32.3. The molecular weight excluding hydrogens is 362 g/mol. The Morgan fingerprint density at radius 1 is 0.481 bits per heavy atom. The minimum atomic E-state index is -2.17. The summed E-state index contributed by atoms with van der Waals surface area (Å²) < 4.78 is 0. The molecule has 3 nitrogen and oxygen atoms in total. The summed E-state index contributed by atoms with van der Waals surface area (Å²) in [5.74, 6) is 0. The first kappa shape index (κ1) is 33.2. The Bertz CT molecular complexity index is 209. The molecule has 0 heterocycles. The van der Waals surface area contributed by atoms with Crippen LogP contribution < -0.4 is 51.4 Å². The van der Waals surface area contributed by atoms with Gasteiger partial charge in [-0.15, -0.1) is 0 Å². The van der Waals surface area contributed by atoms with Crippen LogP contribution in [0.25, 0.3) is 0 Å². The standard InChI is InChI=1S/C22H45.BH3O3.K/c1-3-5-7-9-11-13-15-17-19-21-22-20-18-16-14-12-10-8-6-4-2;2-1(3)4;/h1,3-22H2,2H3;2-4H;/q-1;;+1. The van der Waals surface area contributed by atoms with Gasteiger partial charge in [0, 0.05) is 0 Å². The zero-order chi connectivity index (χ0) is 19.7. The molecule has 0 rings (SSSR count). The average Bonchev–Trinajstić information content (AvgIpc) is 2.60. The van der Waals surface area contributed by atoms with Gasteiger partial charge in [-0.25, -0.2) is 0 Å². The number of rotatable bonds is 19. The third kappa shape index (κ3) is 42.6. The number of hydrogen-bond acceptors (Lipinski definition) is 3. The summed E-state index contributed by atoms with van der Waals surface area (Å²) in [6, 6.07) is 0. The Balaban J connectivity index is -0.00000104. The molecule has 0 aliphatic rings. The first-order chi connectivity index (χ1) is 12.6. The SMILES string of the molecule is OB(O)O.[CH2-]CCCCCCCCCCCCCCCCCCCCC.[K+]. The molecule has 5 heteroatoms. The molecular formula is C22H48BKO3. The normalized spacial score (nSPS) is 10.1. The van der Waals surface area contributed by atoms with Gasteiger partial charge in [-0.1, -0.05) is 129 Å². The molecule has 0 fully saturated rings. The van der Waals surface area contributed by atoms with E-state index in [9.17, 15) is 0 Å². The largest absolute Gasteiger partial charge is 1.00 e. The van der Waals surface area contributed by atoms with Gasteiger partial charge in [0.15, 0.2) is 0 Å². The zero-order valence-electron chi connectivity index (χ0n) is 18.8. The first-order valence-electron chi connectivity index (χ1n) is 11.5. The van der Waals surface area contributed by atoms with Crippen LogP contribution >= 0.6 is 0 Å². The van der Waals surface area contributed by atoms with E-state index < -0.39 is 7.32 Å². The van der Waals surface area contributed by atoms with Gasteiger partial charge in [0.05, 0.1) is 0 Å². The molecule has 0 atom stereocenters. The van der Waals surface area contributed by atoms with E-state index in [2.05, 4.69) is 13.8 Å². The minimum Gasteiger partial charge on any atom is -0.402 e. The van der Waals surface area contributed by atoms with E-state index in [1.54, 1.807) is 0 Å². The number of hydrogen-bond donors (Lipinski definition) is 3. The average molecular weight is 411 g/mol. The summed E-state index contributed by atoms with van der Waals surface area (Å²) >= 11 is 0. The Kier molecular flexibility index (Phi) is 39.7. The molecule has 0 amide bonds. The van der Waals surface area contributed by atoms with Crippen molar-refractivity contribution in [3.05, 3.63) is 6.92 Å². The summed E-state index contributed by atoms with van der Waals surface area (Å²) in [6.45, 7) is 6.20. The smallest absolute Gasteiger partial charge is 0.402 e. The van der Waals surface area contributed by atoms with Gasteiger partial charge in [-0.05, 0) is 0 Å². The predicted octanol–water partition coefficient (Wildman–Crippen LogP) is 3.59. The minimum absolute atomic E-state index is 0. The van der Waals surface area contributed by atoms with E-state index in [1.165, 1.54) is 122 Å². The maximum absolute atomic E-state index is 7.17. The third-order valence-corrected chi connectivity index (χ3v) is 4.85. The van der Waals surface area contributed by atoms with Gasteiger partial charge < -0.3 is 22.0 Å². The molecule has 0 saturated heterocycles. The van der Waals surface area contributed by atoms with Crippen molar-refractivity contribution in [3.63, 3.8) is 0 Å². The van der Waals surface area contributed by atoms with Crippen LogP contribution in [0.15, 0.2) is 0 Å². The van der Waals surface area contributed by atoms with Crippen LogP contribution in [0.4, 0.5) is 0 Å². The molecule has 0 aliphatic heterocycles. The second-order valence-corrected chi connectivity index (χ2v) is 7.56. The van der Waals surface area contributed by atoms with Gasteiger partial charge in [0.2, 0.25) is 0 Å². The van der Waals surface area contributed by atoms with E-state index in [1.807, 2.05) is 0 Å². The fourth-order valence-corrected chi connectivity index (χ4v) is 3.26. The molecule has 158 valence electrons. The number of unbranched alkanes of at least 4 members (excludes halogenated alkanes) is 19. The van der Waals surface area contributed by atoms with Crippen molar-refractivity contribution in [1.82, 2.24) is 0 Å². The van der Waals surface area contributed by atoms with Crippen molar-refractivity contribution in [2.75, 3.05) is 0 Å². The van der Waals surface area contributed by atoms with Crippen LogP contribution in [0.2, 0.25) is 0 Å². The molecule has 0 spiro atoms. The van der Waals surface area contributed by atoms with E-state index in [-0.39, 0.29) is 51.4 Å². The summed E-state index contributed by atoms with van der Waals surface area (Å²) in [5.41, 5.74) is 0. The maximum atomic E-state index is 7.17. The van der Waals surface area contributed by atoms with Crippen molar-refractivity contribution < 1.29 is 66.5 Å². The van der Waals surface area contributed by atoms with Crippen LogP contribution in [0.5, 0.6) is 0 Å². The maximum Gasteiger partial charge on any atom is 1.00 e. The molecule has 0 radical (unpaired) electrons. The van der Waals surface area contributed by atoms with E-state index >= 15 is 0 Å². The van der Waals surface area contributed by atoms with E-state index in [4.69, 9.17) is 15.1 Å². The van der Waals surface area contributed by atoms with Crippen molar-refractivity contribution in [3.8, 4) is 0 Å². The quantitative estimate of drug-likeness (QED) is 0.173. The second-order valence-electron chi connectivity index (χ2n) is 7.56. The fourth-order valence-electron chi connectivity index (χ4n) is 3.26. The van der Waals surface area contributed by atoms with E-state index in [0.29, 0.717) is 0 Å². The Labute approximate surface area is 214 Å².